The molecular formula is C16H15NO3S. The molecule has 0 amide bonds. The Kier molecular flexibility index (Phi) is 5.11. The fourth-order valence-corrected chi connectivity index (χ4v) is 3.20. The lowest BCUT2D eigenvalue weighted by atomic mass is 10.1. The van der Waals surface area contributed by atoms with Crippen molar-refractivity contribution in [2.75, 3.05) is 0 Å². The van der Waals surface area contributed by atoms with Crippen LogP contribution in [0.15, 0.2) is 59.5 Å². The van der Waals surface area contributed by atoms with Crippen LogP contribution in [0.5, 0.6) is 0 Å². The summed E-state index contributed by atoms with van der Waals surface area (Å²) in [5.41, 5.74) is 1.15. The van der Waals surface area contributed by atoms with Crippen LogP contribution in [0, 0.1) is 10.1 Å². The Morgan fingerprint density at radius 1 is 1.14 bits per heavy atom. The van der Waals surface area contributed by atoms with Crippen LogP contribution in [0.2, 0.25) is 0 Å². The van der Waals surface area contributed by atoms with E-state index in [2.05, 4.69) is 0 Å². The van der Waals surface area contributed by atoms with Crippen molar-refractivity contribution in [3.05, 3.63) is 70.3 Å². The van der Waals surface area contributed by atoms with Gasteiger partial charge in [0.25, 0.3) is 5.69 Å². The summed E-state index contributed by atoms with van der Waals surface area (Å²) < 4.78 is 0. The molecule has 5 heteroatoms. The molecule has 2 aromatic rings. The van der Waals surface area contributed by atoms with Crippen molar-refractivity contribution in [2.24, 2.45) is 0 Å². The van der Waals surface area contributed by atoms with E-state index in [1.807, 2.05) is 30.3 Å². The van der Waals surface area contributed by atoms with Crippen molar-refractivity contribution in [3.8, 4) is 0 Å². The minimum atomic E-state index is -0.418. The van der Waals surface area contributed by atoms with Gasteiger partial charge in [-0.1, -0.05) is 30.3 Å². The van der Waals surface area contributed by atoms with Gasteiger partial charge in [-0.3, -0.25) is 14.9 Å². The Morgan fingerprint density at radius 3 is 2.29 bits per heavy atom. The van der Waals surface area contributed by atoms with Gasteiger partial charge in [-0.25, -0.2) is 0 Å². The lowest BCUT2D eigenvalue weighted by Gasteiger charge is -2.15. The maximum atomic E-state index is 11.5. The van der Waals surface area contributed by atoms with E-state index < -0.39 is 4.92 Å². The van der Waals surface area contributed by atoms with Crippen molar-refractivity contribution < 1.29 is 9.72 Å². The first-order valence-corrected chi connectivity index (χ1v) is 7.39. The molecule has 0 spiro atoms. The minimum absolute atomic E-state index is 0.0187. The first-order chi connectivity index (χ1) is 10.1. The fourth-order valence-electron chi connectivity index (χ4n) is 1.97. The number of carbonyl (C=O) groups is 1. The monoisotopic (exact) mass is 301 g/mol. The van der Waals surface area contributed by atoms with Crippen LogP contribution >= 0.6 is 11.8 Å². The molecule has 0 aliphatic heterocycles. The van der Waals surface area contributed by atoms with Gasteiger partial charge in [0.15, 0.2) is 0 Å². The smallest absolute Gasteiger partial charge is 0.269 e. The molecule has 0 aliphatic carbocycles. The largest absolute Gasteiger partial charge is 0.300 e. The molecule has 0 aromatic heterocycles. The van der Waals surface area contributed by atoms with Crippen molar-refractivity contribution in [3.63, 3.8) is 0 Å². The summed E-state index contributed by atoms with van der Waals surface area (Å²) in [5.74, 6) is 0.123. The second-order valence-corrected chi connectivity index (χ2v) is 5.95. The molecule has 0 heterocycles. The standard InChI is InChI=1S/C16H15NO3S/c1-12(18)11-16(13-5-3-2-4-6-13)21-15-9-7-14(8-10-15)17(19)20/h2-10,16H,11H2,1H3. The maximum Gasteiger partial charge on any atom is 0.269 e. The number of ketones is 1. The summed E-state index contributed by atoms with van der Waals surface area (Å²) in [6.45, 7) is 1.58. The topological polar surface area (TPSA) is 60.2 Å². The van der Waals surface area contributed by atoms with Crippen LogP contribution in [-0.2, 0) is 4.79 Å². The molecule has 0 saturated heterocycles. The van der Waals surface area contributed by atoms with Crippen LogP contribution < -0.4 is 0 Å². The average Bonchev–Trinajstić information content (AvgIpc) is 2.47. The SMILES string of the molecule is CC(=O)CC(Sc1ccc([N+](=O)[O-])cc1)c1ccccc1. The highest BCUT2D eigenvalue weighted by molar-refractivity contribution is 7.99. The fraction of sp³-hybridized carbons (Fsp3) is 0.188. The van der Waals surface area contributed by atoms with E-state index in [1.165, 1.54) is 12.1 Å². The van der Waals surface area contributed by atoms with Gasteiger partial charge in [-0.2, -0.15) is 0 Å². The number of nitro benzene ring substituents is 1. The molecule has 0 saturated carbocycles. The highest BCUT2D eigenvalue weighted by Gasteiger charge is 2.16. The summed E-state index contributed by atoms with van der Waals surface area (Å²) in [6, 6.07) is 16.2. The molecule has 0 aliphatic rings. The second kappa shape index (κ2) is 7.04. The molecular weight excluding hydrogens is 286 g/mol. The van der Waals surface area contributed by atoms with E-state index >= 15 is 0 Å². The molecule has 1 unspecified atom stereocenters. The van der Waals surface area contributed by atoms with Gasteiger partial charge in [0, 0.05) is 28.7 Å². The summed E-state index contributed by atoms with van der Waals surface area (Å²) >= 11 is 1.55. The van der Waals surface area contributed by atoms with Gasteiger partial charge in [0.2, 0.25) is 0 Å². The quantitative estimate of drug-likeness (QED) is 0.450. The number of Topliss-reactive ketones (excluding diaryl/α,β-unsaturated/α-hetero) is 1. The van der Waals surface area contributed by atoms with E-state index in [0.717, 1.165) is 10.5 Å². The average molecular weight is 301 g/mol. The molecule has 4 nitrogen and oxygen atoms in total. The Balaban J connectivity index is 2.18. The number of carbonyl (C=O) groups excluding carboxylic acids is 1. The molecule has 108 valence electrons. The van der Waals surface area contributed by atoms with Crippen LogP contribution in [0.1, 0.15) is 24.2 Å². The van der Waals surface area contributed by atoms with Crippen LogP contribution in [0.3, 0.4) is 0 Å². The summed E-state index contributed by atoms with van der Waals surface area (Å²) in [7, 11) is 0. The van der Waals surface area contributed by atoms with Gasteiger partial charge in [-0.05, 0) is 24.6 Å². The number of nitrogens with zero attached hydrogens (tertiary/aromatic N) is 1. The van der Waals surface area contributed by atoms with Crippen LogP contribution in [-0.4, -0.2) is 10.7 Å². The normalized spacial score (nSPS) is 11.9. The zero-order valence-electron chi connectivity index (χ0n) is 11.6. The zero-order chi connectivity index (χ0) is 15.2. The first-order valence-electron chi connectivity index (χ1n) is 6.52. The zero-order valence-corrected chi connectivity index (χ0v) is 12.4. The lowest BCUT2D eigenvalue weighted by Crippen LogP contribution is -2.00. The molecule has 0 N–H and O–H groups in total. The van der Waals surface area contributed by atoms with Crippen LogP contribution in [0.25, 0.3) is 0 Å². The van der Waals surface area contributed by atoms with Gasteiger partial charge in [0.05, 0.1) is 4.92 Å². The van der Waals surface area contributed by atoms with Gasteiger partial charge < -0.3 is 0 Å². The lowest BCUT2D eigenvalue weighted by molar-refractivity contribution is -0.384. The number of non-ortho nitro benzene ring substituents is 1. The number of hydrogen-bond donors (Lipinski definition) is 0. The number of nitro groups is 1. The number of hydrogen-bond acceptors (Lipinski definition) is 4. The molecule has 2 aromatic carbocycles. The summed E-state index contributed by atoms with van der Waals surface area (Å²) in [5, 5.41) is 10.7. The van der Waals surface area contributed by atoms with E-state index in [9.17, 15) is 14.9 Å². The Morgan fingerprint density at radius 2 is 1.76 bits per heavy atom. The van der Waals surface area contributed by atoms with Gasteiger partial charge in [-0.15, -0.1) is 11.8 Å². The van der Waals surface area contributed by atoms with Crippen molar-refractivity contribution in [2.45, 2.75) is 23.5 Å². The van der Waals surface area contributed by atoms with Crippen LogP contribution in [0.4, 0.5) is 5.69 Å². The van der Waals surface area contributed by atoms with E-state index in [0.29, 0.717) is 6.42 Å². The Hall–Kier alpha value is -2.14. The summed E-state index contributed by atoms with van der Waals surface area (Å²) in [4.78, 5) is 22.6. The minimum Gasteiger partial charge on any atom is -0.300 e. The number of benzene rings is 2. The first kappa shape index (κ1) is 15.3. The highest BCUT2D eigenvalue weighted by Crippen LogP contribution is 2.38. The summed E-state index contributed by atoms with van der Waals surface area (Å²) in [6.07, 6.45) is 0.436. The predicted octanol–water partition coefficient (Wildman–Crippen LogP) is 4.41. The third kappa shape index (κ3) is 4.43. The molecule has 21 heavy (non-hydrogen) atoms. The van der Waals surface area contributed by atoms with E-state index in [1.54, 1.807) is 30.8 Å². The molecule has 0 bridgehead atoms. The Labute approximate surface area is 127 Å². The van der Waals surface area contributed by atoms with E-state index in [-0.39, 0.29) is 16.7 Å². The predicted molar refractivity (Wildman–Crippen MR) is 83.4 cm³/mol. The van der Waals surface area contributed by atoms with Gasteiger partial charge >= 0.3 is 0 Å². The Bertz CT molecular complexity index is 626. The van der Waals surface area contributed by atoms with Crippen molar-refractivity contribution >= 4 is 23.2 Å². The molecule has 2 rings (SSSR count). The van der Waals surface area contributed by atoms with E-state index in [4.69, 9.17) is 0 Å². The number of thioether (sulfide) groups is 1. The molecule has 0 radical (unpaired) electrons. The maximum absolute atomic E-state index is 11.5. The molecule has 1 atom stereocenters. The van der Waals surface area contributed by atoms with Crippen molar-refractivity contribution in [1.29, 1.82) is 0 Å². The molecule has 0 fully saturated rings. The third-order valence-corrected chi connectivity index (χ3v) is 4.24. The second-order valence-electron chi connectivity index (χ2n) is 4.67. The van der Waals surface area contributed by atoms with Gasteiger partial charge in [0.1, 0.15) is 5.78 Å². The van der Waals surface area contributed by atoms with Crippen molar-refractivity contribution in [1.82, 2.24) is 0 Å². The number of rotatable bonds is 6. The third-order valence-electron chi connectivity index (χ3n) is 2.97. The highest BCUT2D eigenvalue weighted by atomic mass is 32.2.